The van der Waals surface area contributed by atoms with Crippen LogP contribution in [0, 0.1) is 11.3 Å². The van der Waals surface area contributed by atoms with Crippen LogP contribution in [0.1, 0.15) is 30.9 Å². The zero-order valence-corrected chi connectivity index (χ0v) is 9.77. The Kier molecular flexibility index (Phi) is 4.41. The van der Waals surface area contributed by atoms with Crippen LogP contribution in [0.3, 0.4) is 0 Å². The van der Waals surface area contributed by atoms with Gasteiger partial charge in [-0.25, -0.2) is 0 Å². The maximum atomic E-state index is 11.7. The average molecular weight is 231 g/mol. The fourth-order valence-corrected chi connectivity index (χ4v) is 1.55. The van der Waals surface area contributed by atoms with Gasteiger partial charge in [0.25, 0.3) is 0 Å². The number of carbonyl (C=O) groups is 2. The molecule has 0 fully saturated rings. The van der Waals surface area contributed by atoms with E-state index in [0.29, 0.717) is 11.1 Å². The van der Waals surface area contributed by atoms with Crippen LogP contribution in [0.25, 0.3) is 0 Å². The second kappa shape index (κ2) is 5.80. The first-order valence-corrected chi connectivity index (χ1v) is 5.27. The lowest BCUT2D eigenvalue weighted by atomic mass is 9.94. The number of nitriles is 1. The zero-order chi connectivity index (χ0) is 12.8. The van der Waals surface area contributed by atoms with E-state index in [9.17, 15) is 9.59 Å². The molecule has 0 aliphatic rings. The fraction of sp³-hybridized carbons (Fsp3) is 0.308. The molecule has 0 saturated carbocycles. The first-order valence-electron chi connectivity index (χ1n) is 5.27. The zero-order valence-electron chi connectivity index (χ0n) is 9.77. The minimum Gasteiger partial charge on any atom is -0.465 e. The molecule has 0 bridgehead atoms. The molecule has 0 aliphatic heterocycles. The summed E-state index contributed by atoms with van der Waals surface area (Å²) < 4.78 is 4.85. The van der Waals surface area contributed by atoms with Gasteiger partial charge in [-0.05, 0) is 31.5 Å². The first-order chi connectivity index (χ1) is 8.10. The highest BCUT2D eigenvalue weighted by atomic mass is 16.5. The number of hydrogen-bond acceptors (Lipinski definition) is 4. The van der Waals surface area contributed by atoms with Gasteiger partial charge in [0.2, 0.25) is 0 Å². The van der Waals surface area contributed by atoms with Crippen molar-refractivity contribution in [3.8, 4) is 6.07 Å². The summed E-state index contributed by atoms with van der Waals surface area (Å²) in [6.45, 7) is 3.24. The summed E-state index contributed by atoms with van der Waals surface area (Å²) in [5.74, 6) is -1.81. The molecule has 1 atom stereocenters. The average Bonchev–Trinajstić information content (AvgIpc) is 2.29. The number of benzene rings is 1. The molecule has 1 unspecified atom stereocenters. The van der Waals surface area contributed by atoms with Crippen molar-refractivity contribution in [3.63, 3.8) is 0 Å². The molecule has 1 aromatic carbocycles. The monoisotopic (exact) mass is 231 g/mol. The number of esters is 1. The molecule has 4 nitrogen and oxygen atoms in total. The van der Waals surface area contributed by atoms with Gasteiger partial charge < -0.3 is 4.74 Å². The maximum absolute atomic E-state index is 11.7. The van der Waals surface area contributed by atoms with E-state index in [1.54, 1.807) is 25.1 Å². The summed E-state index contributed by atoms with van der Waals surface area (Å²) in [6, 6.07) is 8.40. The molecule has 0 aliphatic carbocycles. The number of nitrogens with zero attached hydrogens (tertiary/aromatic N) is 1. The third-order valence-corrected chi connectivity index (χ3v) is 2.28. The minimum atomic E-state index is -0.941. The number of rotatable bonds is 4. The van der Waals surface area contributed by atoms with Crippen molar-refractivity contribution in [1.82, 2.24) is 0 Å². The highest BCUT2D eigenvalue weighted by Crippen LogP contribution is 2.19. The Morgan fingerprint density at radius 3 is 2.71 bits per heavy atom. The maximum Gasteiger partial charge on any atom is 0.320 e. The molecule has 88 valence electrons. The van der Waals surface area contributed by atoms with Crippen molar-refractivity contribution < 1.29 is 14.3 Å². The summed E-state index contributed by atoms with van der Waals surface area (Å²) in [6.07, 6.45) is 0. The first kappa shape index (κ1) is 12.9. The van der Waals surface area contributed by atoms with Crippen LogP contribution in [0.4, 0.5) is 0 Å². The topological polar surface area (TPSA) is 67.2 Å². The molecule has 0 aromatic heterocycles. The van der Waals surface area contributed by atoms with Crippen LogP contribution in [-0.4, -0.2) is 18.4 Å². The summed E-state index contributed by atoms with van der Waals surface area (Å²) in [4.78, 5) is 23.1. The van der Waals surface area contributed by atoms with Gasteiger partial charge in [0, 0.05) is 0 Å². The van der Waals surface area contributed by atoms with Gasteiger partial charge >= 0.3 is 5.97 Å². The van der Waals surface area contributed by atoms with Crippen molar-refractivity contribution in [2.75, 3.05) is 6.61 Å². The van der Waals surface area contributed by atoms with E-state index >= 15 is 0 Å². The lowest BCUT2D eigenvalue weighted by Crippen LogP contribution is -2.22. The second-order valence-electron chi connectivity index (χ2n) is 3.53. The molecule has 4 heteroatoms. The van der Waals surface area contributed by atoms with Gasteiger partial charge in [-0.2, -0.15) is 5.26 Å². The summed E-state index contributed by atoms with van der Waals surface area (Å²) in [7, 11) is 0. The molecule has 0 N–H and O–H groups in total. The normalized spacial score (nSPS) is 11.4. The molecule has 0 radical (unpaired) electrons. The molecule has 0 spiro atoms. The van der Waals surface area contributed by atoms with E-state index in [4.69, 9.17) is 10.00 Å². The van der Waals surface area contributed by atoms with Crippen LogP contribution in [0.5, 0.6) is 0 Å². The smallest absolute Gasteiger partial charge is 0.320 e. The van der Waals surface area contributed by atoms with Gasteiger partial charge in [-0.15, -0.1) is 0 Å². The molecule has 0 amide bonds. The number of Topliss-reactive ketones (excluding diaryl/α,β-unsaturated/α-hetero) is 1. The van der Waals surface area contributed by atoms with Crippen LogP contribution in [-0.2, 0) is 14.3 Å². The van der Waals surface area contributed by atoms with E-state index < -0.39 is 11.9 Å². The lowest BCUT2D eigenvalue weighted by Gasteiger charge is -2.12. The van der Waals surface area contributed by atoms with Crippen molar-refractivity contribution >= 4 is 11.8 Å². The summed E-state index contributed by atoms with van der Waals surface area (Å²) in [5.41, 5.74) is 0.910. The summed E-state index contributed by atoms with van der Waals surface area (Å²) in [5, 5.41) is 8.77. The molecule has 0 heterocycles. The van der Waals surface area contributed by atoms with Crippen molar-refractivity contribution in [3.05, 3.63) is 35.4 Å². The fourth-order valence-electron chi connectivity index (χ4n) is 1.55. The van der Waals surface area contributed by atoms with Crippen molar-refractivity contribution in [2.45, 2.75) is 19.8 Å². The SMILES string of the molecule is CCOC(=O)C(C(C)=O)c1cccc(C#N)c1. The lowest BCUT2D eigenvalue weighted by molar-refractivity contribution is -0.147. The third-order valence-electron chi connectivity index (χ3n) is 2.28. The van der Waals surface area contributed by atoms with Gasteiger partial charge in [0.15, 0.2) is 0 Å². The van der Waals surface area contributed by atoms with Gasteiger partial charge in [-0.1, -0.05) is 12.1 Å². The van der Waals surface area contributed by atoms with E-state index in [1.807, 2.05) is 6.07 Å². The number of ketones is 1. The Labute approximate surface area is 99.8 Å². The second-order valence-corrected chi connectivity index (χ2v) is 3.53. The number of carbonyl (C=O) groups excluding carboxylic acids is 2. The molecule has 1 aromatic rings. The van der Waals surface area contributed by atoms with E-state index in [2.05, 4.69) is 0 Å². The Hall–Kier alpha value is -2.15. The van der Waals surface area contributed by atoms with E-state index in [1.165, 1.54) is 13.0 Å². The third kappa shape index (κ3) is 3.15. The van der Waals surface area contributed by atoms with Crippen molar-refractivity contribution in [2.24, 2.45) is 0 Å². The van der Waals surface area contributed by atoms with Gasteiger partial charge in [0.05, 0.1) is 18.2 Å². The standard InChI is InChI=1S/C13H13NO3/c1-3-17-13(16)12(9(2)15)11-6-4-5-10(7-11)8-14/h4-7,12H,3H2,1-2H3. The van der Waals surface area contributed by atoms with Crippen LogP contribution >= 0.6 is 0 Å². The molecular weight excluding hydrogens is 218 g/mol. The molecule has 1 rings (SSSR count). The quantitative estimate of drug-likeness (QED) is 0.585. The van der Waals surface area contributed by atoms with E-state index in [-0.39, 0.29) is 12.4 Å². The minimum absolute atomic E-state index is 0.223. The summed E-state index contributed by atoms with van der Waals surface area (Å²) >= 11 is 0. The highest BCUT2D eigenvalue weighted by molar-refractivity contribution is 6.03. The van der Waals surface area contributed by atoms with Crippen LogP contribution in [0.15, 0.2) is 24.3 Å². The Balaban J connectivity index is 3.10. The van der Waals surface area contributed by atoms with Crippen LogP contribution in [0.2, 0.25) is 0 Å². The molecule has 0 saturated heterocycles. The Bertz CT molecular complexity index is 474. The molecule has 17 heavy (non-hydrogen) atoms. The molecular formula is C13H13NO3. The van der Waals surface area contributed by atoms with Gasteiger partial charge in [0.1, 0.15) is 11.7 Å². The predicted octanol–water partition coefficient (Wildman–Crippen LogP) is 1.79. The predicted molar refractivity (Wildman–Crippen MR) is 61.2 cm³/mol. The number of hydrogen-bond donors (Lipinski definition) is 0. The highest BCUT2D eigenvalue weighted by Gasteiger charge is 2.26. The number of ether oxygens (including phenoxy) is 1. The van der Waals surface area contributed by atoms with E-state index in [0.717, 1.165) is 0 Å². The van der Waals surface area contributed by atoms with Crippen LogP contribution < -0.4 is 0 Å². The Morgan fingerprint density at radius 1 is 1.47 bits per heavy atom. The van der Waals surface area contributed by atoms with Gasteiger partial charge in [-0.3, -0.25) is 9.59 Å². The Morgan fingerprint density at radius 2 is 2.18 bits per heavy atom. The van der Waals surface area contributed by atoms with Crippen molar-refractivity contribution in [1.29, 1.82) is 5.26 Å². The largest absolute Gasteiger partial charge is 0.465 e.